The van der Waals surface area contributed by atoms with Gasteiger partial charge in [0.2, 0.25) is 0 Å². The molecule has 0 aromatic heterocycles. The molecule has 0 fully saturated rings. The number of ether oxygens (including phenoxy) is 2. The molecule has 1 amide bonds. The summed E-state index contributed by atoms with van der Waals surface area (Å²) in [4.78, 5) is 12.3. The van der Waals surface area contributed by atoms with Crippen LogP contribution in [0.4, 0.5) is 10.5 Å². The van der Waals surface area contributed by atoms with Crippen LogP contribution in [0.15, 0.2) is 54.6 Å². The van der Waals surface area contributed by atoms with Crippen molar-refractivity contribution in [3.63, 3.8) is 0 Å². The van der Waals surface area contributed by atoms with E-state index in [2.05, 4.69) is 5.32 Å². The van der Waals surface area contributed by atoms with E-state index in [1.54, 1.807) is 24.3 Å². The molecule has 0 saturated heterocycles. The third kappa shape index (κ3) is 6.06. The van der Waals surface area contributed by atoms with Crippen molar-refractivity contribution in [3.8, 4) is 5.75 Å². The highest BCUT2D eigenvalue weighted by molar-refractivity contribution is 5.84. The van der Waals surface area contributed by atoms with Crippen LogP contribution in [0.5, 0.6) is 5.75 Å². The Balaban J connectivity index is 2.08. The molecule has 0 heterocycles. The average molecular weight is 359 g/mol. The van der Waals surface area contributed by atoms with Gasteiger partial charge in [-0.2, -0.15) is 0 Å². The topological polar surface area (TPSA) is 88.0 Å². The van der Waals surface area contributed by atoms with E-state index >= 15 is 0 Å². The lowest BCUT2D eigenvalue weighted by Gasteiger charge is -2.24. The summed E-state index contributed by atoms with van der Waals surface area (Å²) >= 11 is 0. The van der Waals surface area contributed by atoms with E-state index in [1.165, 1.54) is 0 Å². The first-order chi connectivity index (χ1) is 12.6. The molecule has 0 aliphatic carbocycles. The molecule has 0 aliphatic rings. The van der Waals surface area contributed by atoms with Gasteiger partial charge in [-0.1, -0.05) is 37.3 Å². The Morgan fingerprint density at radius 1 is 1.04 bits per heavy atom. The van der Waals surface area contributed by atoms with Crippen LogP contribution >= 0.6 is 0 Å². The van der Waals surface area contributed by atoms with Crippen molar-refractivity contribution < 1.29 is 24.5 Å². The normalized spacial score (nSPS) is 12.9. The minimum atomic E-state index is -0.549. The Bertz CT molecular complexity index is 660. The smallest absolute Gasteiger partial charge is 0.412 e. The number of aliphatic hydroxyl groups is 2. The molecule has 140 valence electrons. The molecule has 2 aromatic rings. The number of carbonyl (C=O) groups excluding carboxylic acids is 1. The van der Waals surface area contributed by atoms with Crippen molar-refractivity contribution >= 4 is 11.8 Å². The molecule has 2 atom stereocenters. The Morgan fingerprint density at radius 3 is 2.35 bits per heavy atom. The molecular weight excluding hydrogens is 334 g/mol. The summed E-state index contributed by atoms with van der Waals surface area (Å²) in [5.74, 6) is 0.566. The number of hydrogen-bond donors (Lipinski definition) is 3. The van der Waals surface area contributed by atoms with Gasteiger partial charge >= 0.3 is 6.09 Å². The number of amides is 1. The summed E-state index contributed by atoms with van der Waals surface area (Å²) in [5.41, 5.74) is 1.46. The Kier molecular flexibility index (Phi) is 7.92. The number of benzene rings is 2. The van der Waals surface area contributed by atoms with Gasteiger partial charge in [0.15, 0.2) is 0 Å². The maximum absolute atomic E-state index is 12.3. The third-order valence-corrected chi connectivity index (χ3v) is 3.92. The van der Waals surface area contributed by atoms with E-state index < -0.39 is 12.2 Å². The quantitative estimate of drug-likeness (QED) is 0.639. The summed E-state index contributed by atoms with van der Waals surface area (Å²) in [6, 6.07) is 16.2. The second-order valence-electron chi connectivity index (χ2n) is 5.95. The SMILES string of the molecule is C[C@H](CCO)[C@@H](OC(=O)Nc1ccccc1)c1ccc(OCCO)cc1. The summed E-state index contributed by atoms with van der Waals surface area (Å²) in [6.07, 6.45) is -0.546. The van der Waals surface area contributed by atoms with Gasteiger partial charge in [0.05, 0.1) is 6.61 Å². The average Bonchev–Trinajstić information content (AvgIpc) is 2.66. The molecule has 26 heavy (non-hydrogen) atoms. The summed E-state index contributed by atoms with van der Waals surface area (Å²) in [5, 5.41) is 20.8. The van der Waals surface area contributed by atoms with Crippen molar-refractivity contribution in [1.29, 1.82) is 0 Å². The molecule has 0 aliphatic heterocycles. The van der Waals surface area contributed by atoms with Crippen molar-refractivity contribution in [2.45, 2.75) is 19.4 Å². The van der Waals surface area contributed by atoms with Crippen molar-refractivity contribution in [2.75, 3.05) is 25.1 Å². The Hall–Kier alpha value is -2.57. The standard InChI is InChI=1S/C20H25NO5/c1-15(11-12-22)19(16-7-9-18(10-8-16)25-14-13-23)26-20(24)21-17-5-3-2-4-6-17/h2-10,15,19,22-23H,11-14H2,1H3,(H,21,24)/t15-,19-/m1/s1. The van der Waals surface area contributed by atoms with Crippen LogP contribution in [0.3, 0.4) is 0 Å². The van der Waals surface area contributed by atoms with Crippen LogP contribution in [-0.4, -0.2) is 36.1 Å². The van der Waals surface area contributed by atoms with Crippen LogP contribution in [0, 0.1) is 5.92 Å². The fraction of sp³-hybridized carbons (Fsp3) is 0.350. The summed E-state index contributed by atoms with van der Waals surface area (Å²) in [7, 11) is 0. The van der Waals surface area contributed by atoms with E-state index in [9.17, 15) is 9.90 Å². The van der Waals surface area contributed by atoms with Crippen LogP contribution in [-0.2, 0) is 4.74 Å². The predicted octanol–water partition coefficient (Wildman–Crippen LogP) is 3.37. The fourth-order valence-corrected chi connectivity index (χ4v) is 2.57. The second-order valence-corrected chi connectivity index (χ2v) is 5.95. The van der Waals surface area contributed by atoms with Gasteiger partial charge in [0.25, 0.3) is 0 Å². The van der Waals surface area contributed by atoms with Gasteiger partial charge in [0, 0.05) is 12.3 Å². The molecule has 0 radical (unpaired) electrons. The van der Waals surface area contributed by atoms with Crippen LogP contribution in [0.25, 0.3) is 0 Å². The number of rotatable bonds is 9. The number of anilines is 1. The number of para-hydroxylation sites is 1. The lowest BCUT2D eigenvalue weighted by Crippen LogP contribution is -2.22. The second kappa shape index (κ2) is 10.4. The fourth-order valence-electron chi connectivity index (χ4n) is 2.57. The van der Waals surface area contributed by atoms with Crippen LogP contribution in [0.1, 0.15) is 25.0 Å². The molecule has 2 rings (SSSR count). The van der Waals surface area contributed by atoms with E-state index in [1.807, 2.05) is 37.3 Å². The monoisotopic (exact) mass is 359 g/mol. The zero-order chi connectivity index (χ0) is 18.8. The zero-order valence-electron chi connectivity index (χ0n) is 14.8. The van der Waals surface area contributed by atoms with Crippen molar-refractivity contribution in [3.05, 3.63) is 60.2 Å². The largest absolute Gasteiger partial charge is 0.491 e. The van der Waals surface area contributed by atoms with Crippen LogP contribution in [0.2, 0.25) is 0 Å². The predicted molar refractivity (Wildman–Crippen MR) is 99.2 cm³/mol. The van der Waals surface area contributed by atoms with Crippen molar-refractivity contribution in [2.24, 2.45) is 5.92 Å². The highest BCUT2D eigenvalue weighted by atomic mass is 16.6. The zero-order valence-corrected chi connectivity index (χ0v) is 14.8. The molecule has 0 bridgehead atoms. The molecular formula is C20H25NO5. The molecule has 3 N–H and O–H groups in total. The van der Waals surface area contributed by atoms with E-state index in [-0.39, 0.29) is 25.7 Å². The van der Waals surface area contributed by atoms with Gasteiger partial charge in [-0.3, -0.25) is 5.32 Å². The van der Waals surface area contributed by atoms with E-state index in [4.69, 9.17) is 14.6 Å². The van der Waals surface area contributed by atoms with Gasteiger partial charge in [-0.25, -0.2) is 4.79 Å². The van der Waals surface area contributed by atoms with Gasteiger partial charge < -0.3 is 19.7 Å². The first-order valence-corrected chi connectivity index (χ1v) is 8.61. The van der Waals surface area contributed by atoms with Gasteiger partial charge in [-0.15, -0.1) is 0 Å². The molecule has 0 saturated carbocycles. The molecule has 6 heteroatoms. The third-order valence-electron chi connectivity index (χ3n) is 3.92. The number of hydrogen-bond acceptors (Lipinski definition) is 5. The Morgan fingerprint density at radius 2 is 1.73 bits per heavy atom. The van der Waals surface area contributed by atoms with Crippen LogP contribution < -0.4 is 10.1 Å². The minimum Gasteiger partial charge on any atom is -0.491 e. The first kappa shape index (κ1) is 19.8. The van der Waals surface area contributed by atoms with Crippen molar-refractivity contribution in [1.82, 2.24) is 0 Å². The number of nitrogens with one attached hydrogen (secondary N) is 1. The van der Waals surface area contributed by atoms with Gasteiger partial charge in [0.1, 0.15) is 18.5 Å². The van der Waals surface area contributed by atoms with Gasteiger partial charge in [-0.05, 0) is 42.2 Å². The molecule has 6 nitrogen and oxygen atoms in total. The summed E-state index contributed by atoms with van der Waals surface area (Å²) in [6.45, 7) is 2.10. The highest BCUT2D eigenvalue weighted by Crippen LogP contribution is 2.30. The maximum atomic E-state index is 12.3. The molecule has 0 unspecified atom stereocenters. The minimum absolute atomic E-state index is 0.0129. The molecule has 2 aromatic carbocycles. The Labute approximate surface area is 153 Å². The van der Waals surface area contributed by atoms with E-state index in [0.29, 0.717) is 17.9 Å². The number of aliphatic hydroxyl groups excluding tert-OH is 2. The maximum Gasteiger partial charge on any atom is 0.412 e. The first-order valence-electron chi connectivity index (χ1n) is 8.61. The number of carbonyl (C=O) groups is 1. The summed E-state index contributed by atoms with van der Waals surface area (Å²) < 4.78 is 11.0. The van der Waals surface area contributed by atoms with E-state index in [0.717, 1.165) is 5.56 Å². The highest BCUT2D eigenvalue weighted by Gasteiger charge is 2.23. The lowest BCUT2D eigenvalue weighted by atomic mass is 9.94. The lowest BCUT2D eigenvalue weighted by molar-refractivity contribution is 0.0667. The molecule has 0 spiro atoms.